The molecule has 116 valence electrons. The molecule has 0 spiro atoms. The van der Waals surface area contributed by atoms with E-state index in [-0.39, 0.29) is 5.91 Å². The number of likely N-dealkylation sites (tertiary alicyclic amines) is 1. The van der Waals surface area contributed by atoms with E-state index in [0.29, 0.717) is 37.2 Å². The van der Waals surface area contributed by atoms with Gasteiger partial charge in [0.25, 0.3) is 5.91 Å². The third-order valence-electron chi connectivity index (χ3n) is 4.13. The fraction of sp³-hybridized carbons (Fsp3) is 0.467. The number of nitrogens with zero attached hydrogens (tertiary/aromatic N) is 4. The van der Waals surface area contributed by atoms with Gasteiger partial charge in [-0.2, -0.15) is 5.10 Å². The third kappa shape index (κ3) is 2.22. The summed E-state index contributed by atoms with van der Waals surface area (Å²) in [5.41, 5.74) is 1.80. The number of amides is 1. The normalized spacial score (nSPS) is 18.1. The summed E-state index contributed by atoms with van der Waals surface area (Å²) >= 11 is 0. The van der Waals surface area contributed by atoms with Gasteiger partial charge < -0.3 is 10.0 Å². The van der Waals surface area contributed by atoms with Crippen molar-refractivity contribution in [1.29, 1.82) is 0 Å². The molecule has 0 saturated carbocycles. The lowest BCUT2D eigenvalue weighted by molar-refractivity contribution is -0.141. The standard InChI is InChI=1S/C15H18N4O3/c1-3-19-13-10(8-16-19)7-11(9(2)17-13)14(20)18-6-4-5-12(18)15(21)22/h7-8,12H,3-6H2,1-2H3,(H,21,22)/t12-/m1/s1. The molecule has 0 radical (unpaired) electrons. The maximum absolute atomic E-state index is 12.7. The Balaban J connectivity index is 2.00. The number of fused-ring (bicyclic) bond motifs is 1. The van der Waals surface area contributed by atoms with Gasteiger partial charge in [0.05, 0.1) is 17.5 Å². The average Bonchev–Trinajstić information content (AvgIpc) is 3.12. The van der Waals surface area contributed by atoms with E-state index in [0.717, 1.165) is 11.0 Å². The van der Waals surface area contributed by atoms with Crippen molar-refractivity contribution in [2.75, 3.05) is 6.54 Å². The zero-order valence-electron chi connectivity index (χ0n) is 12.6. The Hall–Kier alpha value is -2.44. The largest absolute Gasteiger partial charge is 0.480 e. The molecular formula is C15H18N4O3. The first kappa shape index (κ1) is 14.5. The van der Waals surface area contributed by atoms with Crippen molar-refractivity contribution in [3.05, 3.63) is 23.5 Å². The van der Waals surface area contributed by atoms with Crippen LogP contribution in [0.4, 0.5) is 0 Å². The van der Waals surface area contributed by atoms with Crippen LogP contribution in [0.15, 0.2) is 12.3 Å². The molecule has 2 aromatic heterocycles. The molecule has 7 nitrogen and oxygen atoms in total. The molecule has 0 bridgehead atoms. The lowest BCUT2D eigenvalue weighted by Gasteiger charge is -2.22. The van der Waals surface area contributed by atoms with E-state index in [1.54, 1.807) is 23.9 Å². The molecule has 0 unspecified atom stereocenters. The van der Waals surface area contributed by atoms with Crippen molar-refractivity contribution in [1.82, 2.24) is 19.7 Å². The van der Waals surface area contributed by atoms with Gasteiger partial charge in [0.1, 0.15) is 6.04 Å². The smallest absolute Gasteiger partial charge is 0.326 e. The van der Waals surface area contributed by atoms with Crippen LogP contribution in [0.3, 0.4) is 0 Å². The second-order valence-electron chi connectivity index (χ2n) is 5.49. The lowest BCUT2D eigenvalue weighted by atomic mass is 10.1. The van der Waals surface area contributed by atoms with Crippen molar-refractivity contribution in [2.45, 2.75) is 39.3 Å². The van der Waals surface area contributed by atoms with Gasteiger partial charge in [0, 0.05) is 18.5 Å². The number of pyridine rings is 1. The SMILES string of the molecule is CCn1ncc2cc(C(=O)N3CCC[C@@H]3C(=O)O)c(C)nc21. The van der Waals surface area contributed by atoms with E-state index < -0.39 is 12.0 Å². The molecule has 1 amide bonds. The van der Waals surface area contributed by atoms with Crippen LogP contribution >= 0.6 is 0 Å². The molecule has 1 fully saturated rings. The molecule has 3 rings (SSSR count). The molecule has 3 heterocycles. The molecule has 0 aliphatic carbocycles. The summed E-state index contributed by atoms with van der Waals surface area (Å²) in [5, 5.41) is 14.3. The number of carboxylic acid groups (broad SMARTS) is 1. The predicted octanol–water partition coefficient (Wildman–Crippen LogP) is 1.45. The minimum Gasteiger partial charge on any atom is -0.480 e. The first-order valence-corrected chi connectivity index (χ1v) is 7.40. The molecular weight excluding hydrogens is 284 g/mol. The zero-order chi connectivity index (χ0) is 15.9. The van der Waals surface area contributed by atoms with Crippen molar-refractivity contribution >= 4 is 22.9 Å². The molecule has 1 atom stereocenters. The number of hydrogen-bond acceptors (Lipinski definition) is 4. The fourth-order valence-electron chi connectivity index (χ4n) is 2.97. The van der Waals surface area contributed by atoms with E-state index in [9.17, 15) is 14.7 Å². The summed E-state index contributed by atoms with van der Waals surface area (Å²) in [4.78, 5) is 29.9. The molecule has 1 aliphatic rings. The van der Waals surface area contributed by atoms with Gasteiger partial charge in [-0.3, -0.25) is 4.79 Å². The first-order valence-electron chi connectivity index (χ1n) is 7.40. The lowest BCUT2D eigenvalue weighted by Crippen LogP contribution is -2.40. The Kier molecular flexibility index (Phi) is 3.56. The van der Waals surface area contributed by atoms with Crippen LogP contribution in [-0.2, 0) is 11.3 Å². The van der Waals surface area contributed by atoms with Crippen LogP contribution in [0.1, 0.15) is 35.8 Å². The number of aryl methyl sites for hydroxylation is 2. The summed E-state index contributed by atoms with van der Waals surface area (Å²) in [6.45, 7) is 4.92. The number of aromatic nitrogens is 3. The Labute approximate surface area is 127 Å². The zero-order valence-corrected chi connectivity index (χ0v) is 12.6. The van der Waals surface area contributed by atoms with Crippen LogP contribution < -0.4 is 0 Å². The van der Waals surface area contributed by atoms with Crippen molar-refractivity contribution in [2.24, 2.45) is 0 Å². The second kappa shape index (κ2) is 5.40. The monoisotopic (exact) mass is 302 g/mol. The maximum atomic E-state index is 12.7. The summed E-state index contributed by atoms with van der Waals surface area (Å²) in [6, 6.07) is 1.03. The van der Waals surface area contributed by atoms with Gasteiger partial charge in [0.2, 0.25) is 0 Å². The molecule has 1 saturated heterocycles. The molecule has 1 aliphatic heterocycles. The Morgan fingerprint density at radius 1 is 1.45 bits per heavy atom. The van der Waals surface area contributed by atoms with Crippen LogP contribution in [0.5, 0.6) is 0 Å². The number of carbonyl (C=O) groups excluding carboxylic acids is 1. The molecule has 7 heteroatoms. The van der Waals surface area contributed by atoms with Gasteiger partial charge in [-0.25, -0.2) is 14.5 Å². The van der Waals surface area contributed by atoms with Crippen molar-refractivity contribution < 1.29 is 14.7 Å². The predicted molar refractivity (Wildman–Crippen MR) is 79.6 cm³/mol. The van der Waals surface area contributed by atoms with Crippen LogP contribution in [-0.4, -0.2) is 49.2 Å². The summed E-state index contributed by atoms with van der Waals surface area (Å²) < 4.78 is 1.77. The van der Waals surface area contributed by atoms with Gasteiger partial charge >= 0.3 is 5.97 Å². The highest BCUT2D eigenvalue weighted by Crippen LogP contribution is 2.23. The number of rotatable bonds is 3. The third-order valence-corrected chi connectivity index (χ3v) is 4.13. The highest BCUT2D eigenvalue weighted by atomic mass is 16.4. The minimum absolute atomic E-state index is 0.263. The van der Waals surface area contributed by atoms with Gasteiger partial charge in [-0.15, -0.1) is 0 Å². The topological polar surface area (TPSA) is 88.3 Å². The van der Waals surface area contributed by atoms with E-state index >= 15 is 0 Å². The highest BCUT2D eigenvalue weighted by molar-refractivity contribution is 6.00. The molecule has 22 heavy (non-hydrogen) atoms. The summed E-state index contributed by atoms with van der Waals surface area (Å²) in [6.07, 6.45) is 2.90. The van der Waals surface area contributed by atoms with Gasteiger partial charge in [-0.05, 0) is 32.8 Å². The molecule has 1 N–H and O–H groups in total. The minimum atomic E-state index is -0.948. The quantitative estimate of drug-likeness (QED) is 0.927. The maximum Gasteiger partial charge on any atom is 0.326 e. The van der Waals surface area contributed by atoms with E-state index in [1.807, 2.05) is 6.92 Å². The summed E-state index contributed by atoms with van der Waals surface area (Å²) in [5.74, 6) is -1.21. The Morgan fingerprint density at radius 3 is 2.91 bits per heavy atom. The van der Waals surface area contributed by atoms with Crippen LogP contribution in [0.25, 0.3) is 11.0 Å². The average molecular weight is 302 g/mol. The van der Waals surface area contributed by atoms with Crippen LogP contribution in [0.2, 0.25) is 0 Å². The Morgan fingerprint density at radius 2 is 2.23 bits per heavy atom. The van der Waals surface area contributed by atoms with Crippen molar-refractivity contribution in [3.63, 3.8) is 0 Å². The van der Waals surface area contributed by atoms with Crippen molar-refractivity contribution in [3.8, 4) is 0 Å². The van der Waals surface area contributed by atoms with E-state index in [1.165, 1.54) is 4.90 Å². The Bertz CT molecular complexity index is 753. The van der Waals surface area contributed by atoms with Gasteiger partial charge in [0.15, 0.2) is 5.65 Å². The number of hydrogen-bond donors (Lipinski definition) is 1. The molecule has 0 aromatic carbocycles. The summed E-state index contributed by atoms with van der Waals surface area (Å²) in [7, 11) is 0. The highest BCUT2D eigenvalue weighted by Gasteiger charge is 2.35. The number of carboxylic acids is 1. The fourth-order valence-corrected chi connectivity index (χ4v) is 2.97. The first-order chi connectivity index (χ1) is 10.5. The van der Waals surface area contributed by atoms with Gasteiger partial charge in [-0.1, -0.05) is 0 Å². The van der Waals surface area contributed by atoms with Crippen LogP contribution in [0, 0.1) is 6.92 Å². The second-order valence-corrected chi connectivity index (χ2v) is 5.49. The van der Waals surface area contributed by atoms with E-state index in [4.69, 9.17) is 0 Å². The number of aliphatic carboxylic acids is 1. The number of carbonyl (C=O) groups is 2. The van der Waals surface area contributed by atoms with E-state index in [2.05, 4.69) is 10.1 Å². The molecule has 2 aromatic rings.